The van der Waals surface area contributed by atoms with E-state index in [2.05, 4.69) is 3.53 Å². The Morgan fingerprint density at radius 3 is 2.52 bits per heavy atom. The second-order valence-corrected chi connectivity index (χ2v) is 10.7. The van der Waals surface area contributed by atoms with Crippen LogP contribution in [0.5, 0.6) is 0 Å². The van der Waals surface area contributed by atoms with E-state index in [0.29, 0.717) is 9.46 Å². The Morgan fingerprint density at radius 2 is 1.95 bits per heavy atom. The fraction of sp³-hybridized carbons (Fsp3) is 0.938. The Kier molecular flexibility index (Phi) is 3.54. The van der Waals surface area contributed by atoms with Gasteiger partial charge in [0.15, 0.2) is 0 Å². The van der Waals surface area contributed by atoms with E-state index in [1.165, 1.54) is 32.1 Å². The van der Waals surface area contributed by atoms with Crippen LogP contribution in [0.25, 0.3) is 0 Å². The van der Waals surface area contributed by atoms with Crippen LogP contribution in [0.1, 0.15) is 46.0 Å². The van der Waals surface area contributed by atoms with E-state index in [1.54, 1.807) is 0 Å². The molecule has 0 spiro atoms. The molecule has 1 heterocycles. The molecule has 0 aromatic rings. The van der Waals surface area contributed by atoms with Gasteiger partial charge in [0.1, 0.15) is 0 Å². The van der Waals surface area contributed by atoms with Crippen molar-refractivity contribution in [2.75, 3.05) is 13.4 Å². The number of nitrogens with one attached hydrogen (secondary N) is 1. The Labute approximate surface area is 137 Å². The number of hydrogen-bond donors (Lipinski definition) is 1. The van der Waals surface area contributed by atoms with Crippen molar-refractivity contribution in [3.63, 3.8) is 0 Å². The molecule has 3 atom stereocenters. The minimum atomic E-state index is -0.389. The molecule has 5 rings (SSSR count). The number of alkyl halides is 1. The first-order valence-electron chi connectivity index (χ1n) is 8.11. The summed E-state index contributed by atoms with van der Waals surface area (Å²) in [7, 11) is 0. The van der Waals surface area contributed by atoms with Crippen LogP contribution in [0.15, 0.2) is 0 Å². The molecule has 0 aromatic carbocycles. The number of hydrogen-bond acceptors (Lipinski definition) is 4. The molecule has 0 radical (unpaired) electrons. The van der Waals surface area contributed by atoms with Gasteiger partial charge in [-0.15, -0.1) is 0 Å². The molecule has 4 saturated carbocycles. The predicted molar refractivity (Wildman–Crippen MR) is 73.6 cm³/mol. The Balaban J connectivity index is 1.23. The zero-order chi connectivity index (χ0) is 14.7. The Morgan fingerprint density at radius 1 is 1.29 bits per heavy atom. The SMILES string of the molecule is CC(C)(C(=O)OCOCC12CC3CC(C1)C(C3)C2)C1N[I-]1. The third-order valence-electron chi connectivity index (χ3n) is 6.11. The van der Waals surface area contributed by atoms with E-state index in [-0.39, 0.29) is 39.7 Å². The van der Waals surface area contributed by atoms with Crippen LogP contribution in [0, 0.1) is 28.6 Å². The van der Waals surface area contributed by atoms with E-state index >= 15 is 0 Å². The summed E-state index contributed by atoms with van der Waals surface area (Å²) in [5.74, 6) is 2.78. The number of esters is 1. The van der Waals surface area contributed by atoms with Crippen LogP contribution < -0.4 is 25.0 Å². The number of ether oxygens (including phenoxy) is 2. The fourth-order valence-electron chi connectivity index (χ4n) is 5.10. The van der Waals surface area contributed by atoms with Gasteiger partial charge in [-0.2, -0.15) is 0 Å². The quantitative estimate of drug-likeness (QED) is 0.0926. The van der Waals surface area contributed by atoms with E-state index < -0.39 is 0 Å². The summed E-state index contributed by atoms with van der Waals surface area (Å²) in [6.07, 6.45) is 6.98. The van der Waals surface area contributed by atoms with Crippen molar-refractivity contribution in [3.05, 3.63) is 0 Å². The van der Waals surface area contributed by atoms with Gasteiger partial charge in [-0.05, 0) is 0 Å². The van der Waals surface area contributed by atoms with Gasteiger partial charge in [-0.25, -0.2) is 0 Å². The first-order valence-corrected chi connectivity index (χ1v) is 10.4. The summed E-state index contributed by atoms with van der Waals surface area (Å²) in [6.45, 7) is 4.86. The molecule has 0 aromatic heterocycles. The number of rotatable bonds is 6. The van der Waals surface area contributed by atoms with Crippen molar-refractivity contribution in [3.8, 4) is 0 Å². The summed E-state index contributed by atoms with van der Waals surface area (Å²) in [6, 6.07) is 0. The first-order chi connectivity index (χ1) is 9.98. The third kappa shape index (κ3) is 2.63. The fourth-order valence-corrected chi connectivity index (χ4v) is 7.09. The molecular weight excluding hydrogens is 381 g/mol. The van der Waals surface area contributed by atoms with E-state index in [0.717, 1.165) is 24.4 Å². The van der Waals surface area contributed by atoms with Crippen molar-refractivity contribution in [1.82, 2.24) is 3.53 Å². The van der Waals surface area contributed by atoms with Crippen molar-refractivity contribution in [1.29, 1.82) is 0 Å². The van der Waals surface area contributed by atoms with Gasteiger partial charge < -0.3 is 0 Å². The van der Waals surface area contributed by atoms with Gasteiger partial charge in [-0.1, -0.05) is 0 Å². The average Bonchev–Trinajstić information content (AvgIpc) is 3.20. The van der Waals surface area contributed by atoms with Crippen LogP contribution >= 0.6 is 0 Å². The van der Waals surface area contributed by atoms with Crippen molar-refractivity contribution >= 4 is 5.97 Å². The van der Waals surface area contributed by atoms with Gasteiger partial charge in [0, 0.05) is 0 Å². The molecule has 4 aliphatic carbocycles. The third-order valence-corrected chi connectivity index (χ3v) is 8.91. The molecular formula is C16H25INO3-. The summed E-state index contributed by atoms with van der Waals surface area (Å²) in [5.41, 5.74) is 0.0296. The maximum atomic E-state index is 12.1. The van der Waals surface area contributed by atoms with Gasteiger partial charge in [0.2, 0.25) is 0 Å². The van der Waals surface area contributed by atoms with Gasteiger partial charge >= 0.3 is 137 Å². The molecule has 21 heavy (non-hydrogen) atoms. The van der Waals surface area contributed by atoms with E-state index in [4.69, 9.17) is 9.47 Å². The first kappa shape index (κ1) is 14.7. The van der Waals surface area contributed by atoms with E-state index in [9.17, 15) is 4.79 Å². The van der Waals surface area contributed by atoms with Crippen LogP contribution in [0.2, 0.25) is 0 Å². The summed E-state index contributed by atoms with van der Waals surface area (Å²) < 4.78 is 14.8. The number of halogens is 1. The minimum absolute atomic E-state index is 0.0226. The molecule has 4 bridgehead atoms. The van der Waals surface area contributed by atoms with Gasteiger partial charge in [0.25, 0.3) is 0 Å². The van der Waals surface area contributed by atoms with E-state index in [1.807, 2.05) is 13.8 Å². The molecule has 1 aliphatic heterocycles. The topological polar surface area (TPSA) is 57.5 Å². The molecule has 120 valence electrons. The Bertz CT molecular complexity index is 429. The molecule has 1 N–H and O–H groups in total. The molecule has 3 unspecified atom stereocenters. The molecule has 1 saturated heterocycles. The monoisotopic (exact) mass is 406 g/mol. The number of carbonyl (C=O) groups is 1. The van der Waals surface area contributed by atoms with Crippen molar-refractivity contribution < 1.29 is 35.7 Å². The molecule has 0 amide bonds. The normalized spacial score (nSPS) is 43.7. The standard InChI is InChI=1S/C16H25INO3/c1-15(2,13-17-18-13)14(19)21-9-20-8-16-5-10-3-11(6-16)12(4-10)7-16/h10-13,18H,3-9H2,1-2H3/q-1. The average molecular weight is 406 g/mol. The van der Waals surface area contributed by atoms with Gasteiger partial charge in [0.05, 0.1) is 0 Å². The zero-order valence-electron chi connectivity index (χ0n) is 12.9. The summed E-state index contributed by atoms with van der Waals surface area (Å²) in [5, 5.41) is 0. The molecule has 5 heteroatoms. The summed E-state index contributed by atoms with van der Waals surface area (Å²) >= 11 is 0.0226. The molecule has 5 fully saturated rings. The van der Waals surface area contributed by atoms with Crippen molar-refractivity contribution in [2.24, 2.45) is 28.6 Å². The van der Waals surface area contributed by atoms with Gasteiger partial charge in [-0.3, -0.25) is 0 Å². The van der Waals surface area contributed by atoms with Crippen LogP contribution in [0.4, 0.5) is 0 Å². The van der Waals surface area contributed by atoms with Crippen LogP contribution in [-0.4, -0.2) is 23.4 Å². The number of carbonyl (C=O) groups excluding carboxylic acids is 1. The summed E-state index contributed by atoms with van der Waals surface area (Å²) in [4.78, 5) is 12.1. The Hall–Kier alpha value is 0.120. The maximum absolute atomic E-state index is 12.1. The molecule has 4 nitrogen and oxygen atoms in total. The second kappa shape index (κ2) is 5.06. The van der Waals surface area contributed by atoms with Crippen LogP contribution in [-0.2, 0) is 14.3 Å². The second-order valence-electron chi connectivity index (χ2n) is 8.17. The predicted octanol–water partition coefficient (Wildman–Crippen LogP) is -0.710. The van der Waals surface area contributed by atoms with Crippen molar-refractivity contribution in [2.45, 2.75) is 50.0 Å². The zero-order valence-corrected chi connectivity index (χ0v) is 15.0. The van der Waals surface area contributed by atoms with Crippen LogP contribution in [0.3, 0.4) is 0 Å². The molecule has 5 aliphatic rings.